The van der Waals surface area contributed by atoms with E-state index in [-0.39, 0.29) is 12.4 Å². The van der Waals surface area contributed by atoms with Gasteiger partial charge in [-0.05, 0) is 35.8 Å². The fourth-order valence-corrected chi connectivity index (χ4v) is 2.99. The molecule has 0 radical (unpaired) electrons. The Morgan fingerprint density at radius 2 is 2.35 bits per heavy atom. The normalized spacial score (nSPS) is 19.5. The van der Waals surface area contributed by atoms with Crippen LogP contribution in [0, 0.1) is 6.92 Å². The summed E-state index contributed by atoms with van der Waals surface area (Å²) in [5.74, 6) is 1.65. The van der Waals surface area contributed by atoms with Crippen molar-refractivity contribution in [1.82, 2.24) is 19.7 Å². The summed E-state index contributed by atoms with van der Waals surface area (Å²) in [6.07, 6.45) is 4.99. The Kier molecular flexibility index (Phi) is 3.70. The molecule has 1 fully saturated rings. The van der Waals surface area contributed by atoms with Crippen molar-refractivity contribution in [3.63, 3.8) is 0 Å². The third-order valence-electron chi connectivity index (χ3n) is 3.15. The van der Waals surface area contributed by atoms with Crippen molar-refractivity contribution in [3.05, 3.63) is 28.5 Å². The molecule has 1 saturated heterocycles. The van der Waals surface area contributed by atoms with Crippen molar-refractivity contribution in [3.8, 4) is 0 Å². The molecule has 0 aromatic carbocycles. The Morgan fingerprint density at radius 3 is 3.06 bits per heavy atom. The highest BCUT2D eigenvalue weighted by Gasteiger charge is 2.23. The number of halogens is 2. The third kappa shape index (κ3) is 2.07. The van der Waals surface area contributed by atoms with E-state index in [0.29, 0.717) is 5.92 Å². The average Bonchev–Trinajstić information content (AvgIpc) is 2.86. The zero-order valence-corrected chi connectivity index (χ0v) is 11.9. The Hall–Kier alpha value is -0.650. The van der Waals surface area contributed by atoms with Gasteiger partial charge in [-0.15, -0.1) is 12.4 Å². The maximum Gasteiger partial charge on any atom is 0.134 e. The summed E-state index contributed by atoms with van der Waals surface area (Å²) in [6, 6.07) is 0. The number of nitrogens with zero attached hydrogens (tertiary/aromatic N) is 3. The molecule has 0 saturated carbocycles. The summed E-state index contributed by atoms with van der Waals surface area (Å²) >= 11 is 3.52. The van der Waals surface area contributed by atoms with Crippen LogP contribution >= 0.6 is 28.3 Å². The molecule has 0 spiro atoms. The second-order valence-electron chi connectivity index (χ2n) is 4.18. The van der Waals surface area contributed by atoms with Crippen molar-refractivity contribution < 1.29 is 0 Å². The standard InChI is InChI=1S/C11H13BrN4.ClH/c1-7-9-10(12)15-11(8-2-3-13-6-8)16(9)5-4-14-7;/h4-5,8,13H,2-3,6H2,1H3;1H/t8-;/m1./s1. The molecule has 0 bridgehead atoms. The third-order valence-corrected chi connectivity index (χ3v) is 3.70. The largest absolute Gasteiger partial charge is 0.316 e. The van der Waals surface area contributed by atoms with Crippen molar-refractivity contribution >= 4 is 33.9 Å². The van der Waals surface area contributed by atoms with E-state index in [1.807, 2.05) is 19.3 Å². The number of fused-ring (bicyclic) bond motifs is 1. The van der Waals surface area contributed by atoms with E-state index in [4.69, 9.17) is 0 Å². The van der Waals surface area contributed by atoms with Gasteiger partial charge in [0.25, 0.3) is 0 Å². The predicted molar refractivity (Wildman–Crippen MR) is 72.9 cm³/mol. The van der Waals surface area contributed by atoms with E-state index < -0.39 is 0 Å². The van der Waals surface area contributed by atoms with Gasteiger partial charge in [-0.2, -0.15) is 0 Å². The summed E-state index contributed by atoms with van der Waals surface area (Å²) in [5, 5.41) is 3.38. The molecule has 1 aliphatic rings. The Balaban J connectivity index is 0.00000108. The maximum atomic E-state index is 4.63. The van der Waals surface area contributed by atoms with Gasteiger partial charge in [0.15, 0.2) is 0 Å². The van der Waals surface area contributed by atoms with Gasteiger partial charge in [-0.3, -0.25) is 9.38 Å². The van der Waals surface area contributed by atoms with Gasteiger partial charge in [-0.25, -0.2) is 4.98 Å². The number of imidazole rings is 1. The Labute approximate surface area is 114 Å². The van der Waals surface area contributed by atoms with Crippen LogP contribution in [0.1, 0.15) is 23.9 Å². The van der Waals surface area contributed by atoms with Crippen LogP contribution in [-0.4, -0.2) is 27.5 Å². The molecule has 1 N–H and O–H groups in total. The van der Waals surface area contributed by atoms with Gasteiger partial charge in [-0.1, -0.05) is 0 Å². The lowest BCUT2D eigenvalue weighted by molar-refractivity contribution is 0.696. The van der Waals surface area contributed by atoms with Crippen LogP contribution in [0.3, 0.4) is 0 Å². The first-order valence-corrected chi connectivity index (χ1v) is 6.26. The summed E-state index contributed by atoms with van der Waals surface area (Å²) in [6.45, 7) is 4.12. The number of aryl methyl sites for hydroxylation is 1. The lowest BCUT2D eigenvalue weighted by Gasteiger charge is -2.07. The van der Waals surface area contributed by atoms with Crippen molar-refractivity contribution in [2.45, 2.75) is 19.3 Å². The molecule has 0 unspecified atom stereocenters. The highest BCUT2D eigenvalue weighted by atomic mass is 79.9. The number of aromatic nitrogens is 3. The van der Waals surface area contributed by atoms with Crippen LogP contribution in [0.25, 0.3) is 5.52 Å². The minimum atomic E-state index is 0. The molecule has 1 atom stereocenters. The van der Waals surface area contributed by atoms with Crippen LogP contribution in [0.15, 0.2) is 17.0 Å². The zero-order chi connectivity index (χ0) is 11.1. The van der Waals surface area contributed by atoms with Crippen LogP contribution in [0.2, 0.25) is 0 Å². The number of hydrogen-bond acceptors (Lipinski definition) is 3. The van der Waals surface area contributed by atoms with Crippen LogP contribution in [0.5, 0.6) is 0 Å². The maximum absolute atomic E-state index is 4.63. The second-order valence-corrected chi connectivity index (χ2v) is 4.93. The fourth-order valence-electron chi connectivity index (χ4n) is 2.33. The van der Waals surface area contributed by atoms with Gasteiger partial charge < -0.3 is 5.32 Å². The molecule has 3 heterocycles. The summed E-state index contributed by atoms with van der Waals surface area (Å²) in [5.41, 5.74) is 2.10. The van der Waals surface area contributed by atoms with E-state index in [2.05, 4.69) is 35.6 Å². The van der Waals surface area contributed by atoms with Gasteiger partial charge in [0.2, 0.25) is 0 Å². The minimum absolute atomic E-state index is 0. The molecular formula is C11H14BrClN4. The van der Waals surface area contributed by atoms with Gasteiger partial charge in [0.05, 0.1) is 5.69 Å². The summed E-state index contributed by atoms with van der Waals surface area (Å²) in [7, 11) is 0. The van der Waals surface area contributed by atoms with Crippen LogP contribution in [-0.2, 0) is 0 Å². The first-order valence-electron chi connectivity index (χ1n) is 5.47. The van der Waals surface area contributed by atoms with Gasteiger partial charge in [0.1, 0.15) is 15.9 Å². The molecular weight excluding hydrogens is 304 g/mol. The molecule has 4 nitrogen and oxygen atoms in total. The van der Waals surface area contributed by atoms with Crippen LogP contribution < -0.4 is 5.32 Å². The fraction of sp³-hybridized carbons (Fsp3) is 0.455. The lowest BCUT2D eigenvalue weighted by atomic mass is 10.1. The van der Waals surface area contributed by atoms with Crippen molar-refractivity contribution in [2.75, 3.05) is 13.1 Å². The van der Waals surface area contributed by atoms with E-state index in [1.54, 1.807) is 0 Å². The zero-order valence-electron chi connectivity index (χ0n) is 9.48. The first-order chi connectivity index (χ1) is 7.77. The SMILES string of the molecule is Cc1nccn2c([C@@H]3CCNC3)nc(Br)c12.Cl. The summed E-state index contributed by atoms with van der Waals surface area (Å²) < 4.78 is 3.06. The minimum Gasteiger partial charge on any atom is -0.316 e. The number of nitrogens with one attached hydrogen (secondary N) is 1. The quantitative estimate of drug-likeness (QED) is 0.877. The molecule has 2 aromatic rings. The van der Waals surface area contributed by atoms with Crippen molar-refractivity contribution in [2.24, 2.45) is 0 Å². The van der Waals surface area contributed by atoms with Crippen molar-refractivity contribution in [1.29, 1.82) is 0 Å². The molecule has 17 heavy (non-hydrogen) atoms. The van der Waals surface area contributed by atoms with Gasteiger partial charge >= 0.3 is 0 Å². The number of hydrogen-bond donors (Lipinski definition) is 1. The molecule has 6 heteroatoms. The topological polar surface area (TPSA) is 42.2 Å². The molecule has 1 aliphatic heterocycles. The highest BCUT2D eigenvalue weighted by Crippen LogP contribution is 2.27. The molecule has 0 aliphatic carbocycles. The van der Waals surface area contributed by atoms with Crippen LogP contribution in [0.4, 0.5) is 0 Å². The molecule has 3 rings (SSSR count). The monoisotopic (exact) mass is 316 g/mol. The smallest absolute Gasteiger partial charge is 0.134 e. The molecule has 2 aromatic heterocycles. The van der Waals surface area contributed by atoms with Gasteiger partial charge in [0, 0.05) is 24.9 Å². The van der Waals surface area contributed by atoms with E-state index >= 15 is 0 Å². The number of rotatable bonds is 1. The lowest BCUT2D eigenvalue weighted by Crippen LogP contribution is -2.10. The molecule has 92 valence electrons. The average molecular weight is 318 g/mol. The Morgan fingerprint density at radius 1 is 1.53 bits per heavy atom. The molecule has 0 amide bonds. The second kappa shape index (κ2) is 4.92. The van der Waals surface area contributed by atoms with E-state index in [1.165, 1.54) is 0 Å². The summed E-state index contributed by atoms with van der Waals surface area (Å²) in [4.78, 5) is 8.93. The first kappa shape index (κ1) is 12.8. The van der Waals surface area contributed by atoms with E-state index in [0.717, 1.165) is 41.1 Å². The predicted octanol–water partition coefficient (Wildman–Crippen LogP) is 2.30. The Bertz CT molecular complexity index is 533. The highest BCUT2D eigenvalue weighted by molar-refractivity contribution is 9.10. The van der Waals surface area contributed by atoms with E-state index in [9.17, 15) is 0 Å².